The number of nitrogens with zero attached hydrogens (tertiary/aromatic N) is 5. The van der Waals surface area contributed by atoms with Crippen molar-refractivity contribution >= 4 is 62.6 Å². The van der Waals surface area contributed by atoms with Gasteiger partial charge in [-0.15, -0.1) is 0 Å². The molecule has 50 heavy (non-hydrogen) atoms. The van der Waals surface area contributed by atoms with Gasteiger partial charge in [0.15, 0.2) is 5.69 Å². The number of para-hydroxylation sites is 1. The molecule has 4 heterocycles. The Labute approximate surface area is 300 Å². The van der Waals surface area contributed by atoms with Gasteiger partial charge in [-0.1, -0.05) is 47.5 Å². The van der Waals surface area contributed by atoms with E-state index >= 15 is 0 Å². The number of carbonyl (C=O) groups is 2. The topological polar surface area (TPSA) is 102 Å². The fraction of sp³-hybridized carbons (Fsp3) is 0.282. The smallest absolute Gasteiger partial charge is 0.356 e. The summed E-state index contributed by atoms with van der Waals surface area (Å²) in [6.45, 7) is 10.6. The molecule has 0 fully saturated rings. The fourth-order valence-corrected chi connectivity index (χ4v) is 7.78. The number of benzene rings is 3. The number of fused-ring (bicyclic) bond motifs is 4. The minimum absolute atomic E-state index is 0.165. The maximum atomic E-state index is 15.0. The van der Waals surface area contributed by atoms with Crippen LogP contribution in [0, 0.1) is 27.7 Å². The van der Waals surface area contributed by atoms with Crippen LogP contribution in [0.25, 0.3) is 32.9 Å². The first-order chi connectivity index (χ1) is 23.9. The molecule has 0 radical (unpaired) electrons. The lowest BCUT2D eigenvalue weighted by Gasteiger charge is -2.36. The Hall–Kier alpha value is -4.86. The molecule has 3 aromatic heterocycles. The molecular formula is C39H37Cl2N5O4. The van der Waals surface area contributed by atoms with E-state index in [-0.39, 0.29) is 17.3 Å². The molecule has 7 rings (SSSR count). The third-order valence-electron chi connectivity index (χ3n) is 9.76. The molecule has 11 heteroatoms. The first-order valence-corrected chi connectivity index (χ1v) is 17.3. The molecule has 0 saturated carbocycles. The summed E-state index contributed by atoms with van der Waals surface area (Å²) in [6, 6.07) is 16.4. The van der Waals surface area contributed by atoms with Gasteiger partial charge in [0, 0.05) is 46.2 Å². The summed E-state index contributed by atoms with van der Waals surface area (Å²) in [6.07, 6.45) is 1.16. The van der Waals surface area contributed by atoms with Gasteiger partial charge in [0.05, 0.1) is 40.1 Å². The Morgan fingerprint density at radius 3 is 2.42 bits per heavy atom. The second-order valence-corrected chi connectivity index (χ2v) is 13.9. The first kappa shape index (κ1) is 33.6. The van der Waals surface area contributed by atoms with Crippen molar-refractivity contribution in [3.05, 3.63) is 104 Å². The Morgan fingerprint density at radius 1 is 1.02 bits per heavy atom. The molecule has 0 aliphatic carbocycles. The number of carboxylic acid groups (broad SMARTS) is 1. The second-order valence-electron chi connectivity index (χ2n) is 13.1. The highest BCUT2D eigenvalue weighted by molar-refractivity contribution is 6.35. The number of amides is 1. The predicted molar refractivity (Wildman–Crippen MR) is 198 cm³/mol. The first-order valence-electron chi connectivity index (χ1n) is 16.6. The molecule has 0 spiro atoms. The molecule has 1 N–H and O–H groups in total. The minimum atomic E-state index is -1.20. The minimum Gasteiger partial charge on any atom is -0.494 e. The number of ether oxygens (including phenoxy) is 1. The number of halogens is 2. The van der Waals surface area contributed by atoms with Crippen LogP contribution >= 0.6 is 23.2 Å². The zero-order valence-corrected chi connectivity index (χ0v) is 30.3. The van der Waals surface area contributed by atoms with E-state index in [1.165, 1.54) is 0 Å². The normalized spacial score (nSPS) is 14.5. The highest BCUT2D eigenvalue weighted by Gasteiger charge is 2.38. The van der Waals surface area contributed by atoms with Crippen molar-refractivity contribution in [2.45, 2.75) is 60.0 Å². The molecule has 0 bridgehead atoms. The molecule has 1 atom stereocenters. The zero-order chi connectivity index (χ0) is 35.6. The molecule has 1 amide bonds. The van der Waals surface area contributed by atoms with Gasteiger partial charge in [-0.2, -0.15) is 5.10 Å². The van der Waals surface area contributed by atoms with Crippen LogP contribution in [0.4, 0.5) is 5.69 Å². The number of pyridine rings is 1. The van der Waals surface area contributed by atoms with Gasteiger partial charge in [0.25, 0.3) is 5.91 Å². The van der Waals surface area contributed by atoms with E-state index in [0.717, 1.165) is 66.3 Å². The number of rotatable bonds is 8. The second kappa shape index (κ2) is 12.8. The lowest BCUT2D eigenvalue weighted by atomic mass is 9.98. The van der Waals surface area contributed by atoms with Gasteiger partial charge in [-0.05, 0) is 94.5 Å². The molecule has 0 unspecified atom stereocenters. The number of aromatic carboxylic acids is 1. The highest BCUT2D eigenvalue weighted by atomic mass is 35.5. The Morgan fingerprint density at radius 2 is 1.74 bits per heavy atom. The summed E-state index contributed by atoms with van der Waals surface area (Å²) >= 11 is 13.4. The summed E-state index contributed by atoms with van der Waals surface area (Å²) in [7, 11) is 1.91. The van der Waals surface area contributed by atoms with Crippen LogP contribution in [0.1, 0.15) is 62.4 Å². The molecule has 256 valence electrons. The summed E-state index contributed by atoms with van der Waals surface area (Å²) in [4.78, 5) is 33.6. The van der Waals surface area contributed by atoms with E-state index in [2.05, 4.69) is 14.6 Å². The quantitative estimate of drug-likeness (QED) is 0.158. The average molecular weight is 711 g/mol. The fourth-order valence-electron chi connectivity index (χ4n) is 7.43. The zero-order valence-electron chi connectivity index (χ0n) is 28.8. The number of hydrogen-bond donors (Lipinski definition) is 1. The van der Waals surface area contributed by atoms with E-state index in [1.54, 1.807) is 17.0 Å². The number of aromatic nitrogens is 4. The number of hydrogen-bond acceptors (Lipinski definition) is 5. The van der Waals surface area contributed by atoms with Crippen molar-refractivity contribution < 1.29 is 19.4 Å². The Balaban J connectivity index is 1.38. The molecule has 1 aliphatic rings. The van der Waals surface area contributed by atoms with Crippen LogP contribution in [0.5, 0.6) is 5.75 Å². The maximum Gasteiger partial charge on any atom is 0.356 e. The highest BCUT2D eigenvalue weighted by Crippen LogP contribution is 2.44. The van der Waals surface area contributed by atoms with Gasteiger partial charge in [-0.25, -0.2) is 9.78 Å². The molecule has 9 nitrogen and oxygen atoms in total. The van der Waals surface area contributed by atoms with Crippen molar-refractivity contribution in [3.8, 4) is 16.9 Å². The summed E-state index contributed by atoms with van der Waals surface area (Å²) in [5, 5.41) is 17.9. The van der Waals surface area contributed by atoms with Crippen LogP contribution in [0.15, 0.2) is 54.6 Å². The van der Waals surface area contributed by atoms with E-state index in [0.29, 0.717) is 42.2 Å². The van der Waals surface area contributed by atoms with E-state index < -0.39 is 12.0 Å². The predicted octanol–water partition coefficient (Wildman–Crippen LogP) is 8.89. The van der Waals surface area contributed by atoms with Crippen molar-refractivity contribution in [1.82, 2.24) is 19.3 Å². The number of carbonyl (C=O) groups excluding carboxylic acids is 1. The number of carboxylic acids is 1. The molecule has 6 aromatic rings. The van der Waals surface area contributed by atoms with Crippen LogP contribution in [-0.4, -0.2) is 49.0 Å². The standard InChI is InChI=1S/C39H37Cl2N5O4/c1-20-16-26(17-21(2)34(20)41)50-15-9-11-27-28-13-14-29(40)33(32-23(4)43-44(6)24(32)5)36(28)45-19-22(3)46(38(47)37(27)45)31-18-25-10-7-8-12-30(25)42-35(31)39(48)49/h7-8,10,12-14,16-18,22H,9,11,15,19H2,1-6H3,(H,48,49)/t22-/m1/s1. The summed E-state index contributed by atoms with van der Waals surface area (Å²) < 4.78 is 10.1. The van der Waals surface area contributed by atoms with E-state index in [4.69, 9.17) is 27.9 Å². The molecule has 0 saturated heterocycles. The monoisotopic (exact) mass is 709 g/mol. The van der Waals surface area contributed by atoms with Crippen molar-refractivity contribution in [1.29, 1.82) is 0 Å². The van der Waals surface area contributed by atoms with E-state index in [1.807, 2.05) is 88.8 Å². The van der Waals surface area contributed by atoms with Crippen LogP contribution < -0.4 is 9.64 Å². The van der Waals surface area contributed by atoms with Crippen LogP contribution in [0.3, 0.4) is 0 Å². The van der Waals surface area contributed by atoms with Crippen molar-refractivity contribution in [3.63, 3.8) is 0 Å². The largest absolute Gasteiger partial charge is 0.494 e. The Kier molecular flexibility index (Phi) is 8.60. The average Bonchev–Trinajstić information content (AvgIpc) is 3.52. The SMILES string of the molecule is Cc1cc(OCCCc2c3n(c4c(-c5c(C)nn(C)c5C)c(Cl)ccc24)C[C@@H](C)N(c2cc4ccccc4nc2C(=O)O)C3=O)cc(C)c1Cl. The lowest BCUT2D eigenvalue weighted by molar-refractivity contribution is 0.0691. The number of aryl methyl sites for hydroxylation is 5. The molecule has 1 aliphatic heterocycles. The van der Waals surface area contributed by atoms with Gasteiger partial charge >= 0.3 is 5.97 Å². The lowest BCUT2D eigenvalue weighted by Crippen LogP contribution is -2.47. The van der Waals surface area contributed by atoms with Gasteiger partial charge in [0.2, 0.25) is 0 Å². The van der Waals surface area contributed by atoms with Crippen LogP contribution in [-0.2, 0) is 20.0 Å². The van der Waals surface area contributed by atoms with E-state index in [9.17, 15) is 14.7 Å². The molecule has 3 aromatic carbocycles. The maximum absolute atomic E-state index is 15.0. The van der Waals surface area contributed by atoms with Crippen LogP contribution in [0.2, 0.25) is 10.0 Å². The molecular weight excluding hydrogens is 673 g/mol. The van der Waals surface area contributed by atoms with Gasteiger partial charge in [-0.3, -0.25) is 9.48 Å². The van der Waals surface area contributed by atoms with Gasteiger partial charge < -0.3 is 19.3 Å². The third-order valence-corrected chi connectivity index (χ3v) is 10.7. The van der Waals surface area contributed by atoms with Gasteiger partial charge in [0.1, 0.15) is 11.4 Å². The third kappa shape index (κ3) is 5.49. The van der Waals surface area contributed by atoms with Crippen molar-refractivity contribution in [2.24, 2.45) is 7.05 Å². The summed E-state index contributed by atoms with van der Waals surface area (Å²) in [5.74, 6) is -0.745. The van der Waals surface area contributed by atoms with Crippen molar-refractivity contribution in [2.75, 3.05) is 11.5 Å². The summed E-state index contributed by atoms with van der Waals surface area (Å²) in [5.41, 5.74) is 8.33. The number of anilines is 1. The Bertz CT molecular complexity index is 2350.